The van der Waals surface area contributed by atoms with E-state index < -0.39 is 17.1 Å². The van der Waals surface area contributed by atoms with Gasteiger partial charge in [-0.05, 0) is 0 Å². The molecule has 0 spiro atoms. The Morgan fingerprint density at radius 1 is 1.18 bits per heavy atom. The van der Waals surface area contributed by atoms with Gasteiger partial charge in [0, 0.05) is 31.0 Å². The van der Waals surface area contributed by atoms with Crippen molar-refractivity contribution in [1.29, 1.82) is 0 Å². The number of aromatic amines is 2. The molecule has 57 valence electrons. The Morgan fingerprint density at radius 2 is 1.55 bits per heavy atom. The van der Waals surface area contributed by atoms with Crippen LogP contribution in [0.15, 0.2) is 14.4 Å². The van der Waals surface area contributed by atoms with Gasteiger partial charge in [0.1, 0.15) is 0 Å². The van der Waals surface area contributed by atoms with Gasteiger partial charge in [-0.15, -0.1) is 0 Å². The van der Waals surface area contributed by atoms with E-state index in [1.54, 1.807) is 0 Å². The molecule has 0 bridgehead atoms. The zero-order valence-electron chi connectivity index (χ0n) is 5.55. The van der Waals surface area contributed by atoms with Gasteiger partial charge in [0.25, 0.3) is 0 Å². The van der Waals surface area contributed by atoms with Crippen molar-refractivity contribution in [3.63, 3.8) is 0 Å². The van der Waals surface area contributed by atoms with Gasteiger partial charge in [0.2, 0.25) is 0 Å². The van der Waals surface area contributed by atoms with E-state index in [-0.39, 0.29) is 31.0 Å². The van der Waals surface area contributed by atoms with Crippen LogP contribution >= 0.6 is 16.1 Å². The van der Waals surface area contributed by atoms with Crippen LogP contribution in [0.3, 0.4) is 0 Å². The third kappa shape index (κ3) is 2.44. The van der Waals surface area contributed by atoms with Crippen molar-refractivity contribution in [2.24, 2.45) is 0 Å². The minimum atomic E-state index is -0.814. The van der Waals surface area contributed by atoms with Crippen molar-refractivity contribution in [3.8, 4) is 0 Å². The first kappa shape index (κ1) is 10.9. The minimum absolute atomic E-state index is 0. The molecular formula is C3H4BrN3NaO3. The predicted molar refractivity (Wildman–Crippen MR) is 44.1 cm³/mol. The molecule has 8 heteroatoms. The van der Waals surface area contributed by atoms with Crippen LogP contribution in [0, 0.1) is 0 Å². The van der Waals surface area contributed by atoms with E-state index in [2.05, 4.69) is 16.1 Å². The summed E-state index contributed by atoms with van der Waals surface area (Å²) < 4.78 is 0.578. The molecule has 0 fully saturated rings. The summed E-state index contributed by atoms with van der Waals surface area (Å²) in [7, 11) is 0. The summed E-state index contributed by atoms with van der Waals surface area (Å²) in [6, 6.07) is 0. The molecule has 2 N–H and O–H groups in total. The molecular weight excluding hydrogens is 229 g/mol. The Bertz CT molecular complexity index is 374. The van der Waals surface area contributed by atoms with E-state index in [4.69, 9.17) is 0 Å². The van der Waals surface area contributed by atoms with Gasteiger partial charge in [-0.1, -0.05) is 0 Å². The summed E-state index contributed by atoms with van der Waals surface area (Å²) in [4.78, 5) is 35.0. The summed E-state index contributed by atoms with van der Waals surface area (Å²) in [6.07, 6.45) is 0. The zero-order valence-corrected chi connectivity index (χ0v) is 9.14. The Balaban J connectivity index is 0. The van der Waals surface area contributed by atoms with Gasteiger partial charge < -0.3 is 0 Å². The normalized spacial score (nSPS) is 8.82. The average molecular weight is 233 g/mol. The smallest absolute Gasteiger partial charge is 0.258 e. The number of H-pyrrole nitrogens is 2. The number of rotatable bonds is 0. The van der Waals surface area contributed by atoms with E-state index in [9.17, 15) is 14.4 Å². The fourth-order valence-electron chi connectivity index (χ4n) is 0.416. The summed E-state index contributed by atoms with van der Waals surface area (Å²) >= 11 is 2.60. The molecule has 0 saturated heterocycles. The second-order valence-corrected chi connectivity index (χ2v) is 2.18. The van der Waals surface area contributed by atoms with Gasteiger partial charge in [0.05, 0.1) is 16.1 Å². The van der Waals surface area contributed by atoms with Crippen LogP contribution in [-0.4, -0.2) is 43.1 Å². The molecule has 0 amide bonds. The third-order valence-corrected chi connectivity index (χ3v) is 1.44. The topological polar surface area (TPSA) is 87.7 Å². The number of hydrogen-bond acceptors (Lipinski definition) is 3. The van der Waals surface area contributed by atoms with Crippen LogP contribution in [0.1, 0.15) is 1.43 Å². The maximum Gasteiger partial charge on any atom is 0.344 e. The monoisotopic (exact) mass is 232 g/mol. The molecule has 0 atom stereocenters. The van der Waals surface area contributed by atoms with Crippen LogP contribution in [0.25, 0.3) is 0 Å². The van der Waals surface area contributed by atoms with Crippen LogP contribution in [0.2, 0.25) is 0 Å². The first-order chi connectivity index (χ1) is 4.61. The third-order valence-electron chi connectivity index (χ3n) is 0.798. The maximum absolute atomic E-state index is 10.5. The van der Waals surface area contributed by atoms with Crippen LogP contribution < -0.4 is 17.1 Å². The summed E-state index contributed by atoms with van der Waals surface area (Å²) in [5.41, 5.74) is -2.41. The van der Waals surface area contributed by atoms with Gasteiger partial charge >= 0.3 is 17.1 Å². The maximum atomic E-state index is 10.5. The molecule has 11 heavy (non-hydrogen) atoms. The van der Waals surface area contributed by atoms with Gasteiger partial charge in [-0.25, -0.2) is 14.4 Å². The molecule has 0 aliphatic rings. The molecule has 1 rings (SSSR count). The Labute approximate surface area is 91.8 Å². The molecule has 6 nitrogen and oxygen atoms in total. The Kier molecular flexibility index (Phi) is 4.01. The van der Waals surface area contributed by atoms with E-state index in [0.717, 1.165) is 0 Å². The first-order valence-electron chi connectivity index (χ1n) is 2.23. The molecule has 0 aliphatic heterocycles. The predicted octanol–water partition coefficient (Wildman–Crippen LogP) is -1.75. The van der Waals surface area contributed by atoms with Gasteiger partial charge in [-0.2, -0.15) is 3.59 Å². The van der Waals surface area contributed by atoms with Crippen molar-refractivity contribution in [1.82, 2.24) is 13.6 Å². The van der Waals surface area contributed by atoms with Crippen LogP contribution in [0.4, 0.5) is 0 Å². The molecule has 1 heterocycles. The molecule has 0 saturated carbocycles. The standard InChI is InChI=1S/C3H2BrN3O3.Na.H2/c4-7-2(9)5-1(8)6-3(7)10;;/h(H2,5,6,8,9,10);;1H. The van der Waals surface area contributed by atoms with Crippen molar-refractivity contribution < 1.29 is 1.43 Å². The molecule has 0 unspecified atom stereocenters. The first-order valence-corrected chi connectivity index (χ1v) is 2.94. The number of nitrogens with one attached hydrogen (secondary N) is 2. The average Bonchev–Trinajstić information content (AvgIpc) is 1.82. The molecule has 1 radical (unpaired) electrons. The van der Waals surface area contributed by atoms with E-state index >= 15 is 0 Å². The number of nitrogens with zero attached hydrogens (tertiary/aromatic N) is 1. The quantitative estimate of drug-likeness (QED) is 0.520. The van der Waals surface area contributed by atoms with Crippen molar-refractivity contribution in [2.75, 3.05) is 0 Å². The van der Waals surface area contributed by atoms with Gasteiger partial charge in [0.15, 0.2) is 0 Å². The van der Waals surface area contributed by atoms with E-state index in [1.807, 2.05) is 9.97 Å². The number of halogens is 1. The Hall–Kier alpha value is -0.110. The molecule has 0 aromatic carbocycles. The van der Waals surface area contributed by atoms with Crippen LogP contribution in [-0.2, 0) is 0 Å². The van der Waals surface area contributed by atoms with Crippen LogP contribution in [0.5, 0.6) is 0 Å². The minimum Gasteiger partial charge on any atom is -0.258 e. The van der Waals surface area contributed by atoms with Gasteiger partial charge in [-0.3, -0.25) is 9.97 Å². The van der Waals surface area contributed by atoms with Crippen molar-refractivity contribution in [2.45, 2.75) is 0 Å². The fourth-order valence-corrected chi connectivity index (χ4v) is 0.593. The largest absolute Gasteiger partial charge is 0.344 e. The summed E-state index contributed by atoms with van der Waals surface area (Å²) in [6.45, 7) is 0. The summed E-state index contributed by atoms with van der Waals surface area (Å²) in [5, 5.41) is 0. The molecule has 1 aromatic heterocycles. The number of hydrogen-bond donors (Lipinski definition) is 2. The second-order valence-electron chi connectivity index (χ2n) is 1.47. The van der Waals surface area contributed by atoms with E-state index in [0.29, 0.717) is 3.59 Å². The van der Waals surface area contributed by atoms with Crippen molar-refractivity contribution >= 4 is 45.7 Å². The Morgan fingerprint density at radius 3 is 1.91 bits per heavy atom. The van der Waals surface area contributed by atoms with E-state index in [1.165, 1.54) is 0 Å². The zero-order chi connectivity index (χ0) is 7.72. The molecule has 1 aromatic rings. The fraction of sp³-hybridized carbons (Fsp3) is 0. The van der Waals surface area contributed by atoms with Crippen molar-refractivity contribution in [3.05, 3.63) is 31.5 Å². The summed E-state index contributed by atoms with van der Waals surface area (Å²) in [5.74, 6) is 0. The number of aromatic nitrogens is 3. The SMILES string of the molecule is O=c1[nH]c(=O)n(Br)c(=O)[nH]1.[HH].[Na]. The molecule has 0 aliphatic carbocycles. The second kappa shape index (κ2) is 4.05.